The molecule has 9 nitrogen and oxygen atoms in total. The Morgan fingerprint density at radius 1 is 1.22 bits per heavy atom. The van der Waals surface area contributed by atoms with Crippen LogP contribution in [0.4, 0.5) is 5.69 Å². The van der Waals surface area contributed by atoms with Crippen molar-refractivity contribution in [2.75, 3.05) is 11.9 Å². The third-order valence-corrected chi connectivity index (χ3v) is 4.82. The highest BCUT2D eigenvalue weighted by Gasteiger charge is 2.20. The highest BCUT2D eigenvalue weighted by Crippen LogP contribution is 2.29. The number of nitrogens with two attached hydrogens (primary N) is 1. The Kier molecular flexibility index (Phi) is 5.89. The molecular formula is C23H23N5O4. The summed E-state index contributed by atoms with van der Waals surface area (Å²) in [5.41, 5.74) is 7.17. The van der Waals surface area contributed by atoms with Crippen molar-refractivity contribution in [2.24, 2.45) is 5.73 Å². The molecule has 0 saturated carbocycles. The van der Waals surface area contributed by atoms with Crippen LogP contribution in [-0.2, 0) is 4.79 Å². The SMILES string of the molecule is CC(C)n1ncc2c(C(=O)Nc3ccccc3OCCC(N)=O)cc(-c3ccco3)nc21. The first-order chi connectivity index (χ1) is 15.4. The molecule has 0 unspecified atom stereocenters. The number of para-hydroxylation sites is 2. The van der Waals surface area contributed by atoms with Crippen LogP contribution in [0.2, 0.25) is 0 Å². The second-order valence-corrected chi connectivity index (χ2v) is 7.47. The van der Waals surface area contributed by atoms with Crippen molar-refractivity contribution >= 4 is 28.5 Å². The molecule has 3 N–H and O–H groups in total. The first-order valence-electron chi connectivity index (χ1n) is 10.2. The number of pyridine rings is 1. The number of aromatic nitrogens is 3. The molecule has 9 heteroatoms. The molecule has 3 heterocycles. The minimum absolute atomic E-state index is 0.0575. The number of benzene rings is 1. The molecule has 2 amide bonds. The van der Waals surface area contributed by atoms with Crippen LogP contribution in [0, 0.1) is 0 Å². The first-order valence-corrected chi connectivity index (χ1v) is 10.2. The van der Waals surface area contributed by atoms with E-state index in [2.05, 4.69) is 15.4 Å². The Balaban J connectivity index is 1.71. The minimum atomic E-state index is -0.460. The monoisotopic (exact) mass is 433 g/mol. The fourth-order valence-electron chi connectivity index (χ4n) is 3.28. The standard InChI is InChI=1S/C23H23N5O4/c1-14(2)28-22-16(13-25-28)15(12-18(26-22)20-8-5-10-31-20)23(30)27-17-6-3-4-7-19(17)32-11-9-21(24)29/h3-8,10,12-14H,9,11H2,1-2H3,(H2,24,29)(H,27,30). The fourth-order valence-corrected chi connectivity index (χ4v) is 3.28. The van der Waals surface area contributed by atoms with E-state index in [1.807, 2.05) is 13.8 Å². The van der Waals surface area contributed by atoms with Crippen molar-refractivity contribution in [1.82, 2.24) is 14.8 Å². The van der Waals surface area contributed by atoms with Gasteiger partial charge in [-0.1, -0.05) is 12.1 Å². The predicted octanol–water partition coefficient (Wildman–Crippen LogP) is 3.78. The van der Waals surface area contributed by atoms with E-state index >= 15 is 0 Å². The molecule has 0 spiro atoms. The molecule has 4 rings (SSSR count). The van der Waals surface area contributed by atoms with Crippen molar-refractivity contribution in [2.45, 2.75) is 26.3 Å². The third-order valence-electron chi connectivity index (χ3n) is 4.82. The molecule has 0 bridgehead atoms. The third kappa shape index (κ3) is 4.31. The van der Waals surface area contributed by atoms with Crippen LogP contribution in [0.3, 0.4) is 0 Å². The number of amides is 2. The van der Waals surface area contributed by atoms with Gasteiger partial charge in [0, 0.05) is 6.04 Å². The smallest absolute Gasteiger partial charge is 0.256 e. The number of anilines is 1. The maximum atomic E-state index is 13.3. The van der Waals surface area contributed by atoms with E-state index in [0.717, 1.165) is 0 Å². The van der Waals surface area contributed by atoms with E-state index in [-0.39, 0.29) is 25.0 Å². The lowest BCUT2D eigenvalue weighted by Gasteiger charge is -2.13. The van der Waals surface area contributed by atoms with Gasteiger partial charge in [0.2, 0.25) is 5.91 Å². The number of hydrogen-bond acceptors (Lipinski definition) is 6. The molecule has 0 aliphatic rings. The second kappa shape index (κ2) is 8.93. The molecule has 4 aromatic rings. The Bertz CT molecular complexity index is 1260. The quantitative estimate of drug-likeness (QED) is 0.436. The van der Waals surface area contributed by atoms with Crippen molar-refractivity contribution in [1.29, 1.82) is 0 Å². The number of rotatable bonds is 8. The zero-order valence-corrected chi connectivity index (χ0v) is 17.7. The van der Waals surface area contributed by atoms with Crippen LogP contribution in [0.1, 0.15) is 36.7 Å². The Hall–Kier alpha value is -4.14. The van der Waals surface area contributed by atoms with Crippen LogP contribution in [0.5, 0.6) is 5.75 Å². The molecule has 0 atom stereocenters. The summed E-state index contributed by atoms with van der Waals surface area (Å²) in [5.74, 6) is 0.182. The topological polar surface area (TPSA) is 125 Å². The van der Waals surface area contributed by atoms with Gasteiger partial charge in [-0.2, -0.15) is 5.10 Å². The number of nitrogens with one attached hydrogen (secondary N) is 1. The van der Waals surface area contributed by atoms with Crippen LogP contribution in [0.15, 0.2) is 59.3 Å². The molecule has 164 valence electrons. The van der Waals surface area contributed by atoms with Gasteiger partial charge in [-0.15, -0.1) is 0 Å². The van der Waals surface area contributed by atoms with E-state index in [1.165, 1.54) is 0 Å². The lowest BCUT2D eigenvalue weighted by molar-refractivity contribution is -0.118. The number of ether oxygens (including phenoxy) is 1. The maximum Gasteiger partial charge on any atom is 0.256 e. The first kappa shape index (κ1) is 21.1. The average Bonchev–Trinajstić information content (AvgIpc) is 3.44. The van der Waals surface area contributed by atoms with Gasteiger partial charge in [-0.25, -0.2) is 9.67 Å². The summed E-state index contributed by atoms with van der Waals surface area (Å²) in [6, 6.07) is 12.3. The summed E-state index contributed by atoms with van der Waals surface area (Å²) in [5, 5.41) is 7.93. The molecular weight excluding hydrogens is 410 g/mol. The molecule has 0 radical (unpaired) electrons. The largest absolute Gasteiger partial charge is 0.491 e. The maximum absolute atomic E-state index is 13.3. The van der Waals surface area contributed by atoms with Crippen molar-refractivity contribution < 1.29 is 18.7 Å². The molecule has 0 fully saturated rings. The second-order valence-electron chi connectivity index (χ2n) is 7.47. The Morgan fingerprint density at radius 2 is 2.03 bits per heavy atom. The van der Waals surface area contributed by atoms with Crippen LogP contribution < -0.4 is 15.8 Å². The lowest BCUT2D eigenvalue weighted by Crippen LogP contribution is -2.16. The number of carbonyl (C=O) groups is 2. The van der Waals surface area contributed by atoms with Gasteiger partial charge in [-0.3, -0.25) is 9.59 Å². The Labute approximate surface area is 184 Å². The number of primary amides is 1. The number of hydrogen-bond donors (Lipinski definition) is 2. The van der Waals surface area contributed by atoms with Gasteiger partial charge < -0.3 is 20.2 Å². The minimum Gasteiger partial charge on any atom is -0.491 e. The zero-order chi connectivity index (χ0) is 22.7. The number of fused-ring (bicyclic) bond motifs is 1. The normalized spacial score (nSPS) is 11.1. The van der Waals surface area contributed by atoms with Gasteiger partial charge in [0.25, 0.3) is 5.91 Å². The summed E-state index contributed by atoms with van der Waals surface area (Å²) in [7, 11) is 0. The van der Waals surface area contributed by atoms with E-state index in [9.17, 15) is 9.59 Å². The van der Waals surface area contributed by atoms with Crippen LogP contribution in [-0.4, -0.2) is 33.2 Å². The summed E-state index contributed by atoms with van der Waals surface area (Å²) in [4.78, 5) is 29.0. The van der Waals surface area contributed by atoms with Gasteiger partial charge in [-0.05, 0) is 44.2 Å². The lowest BCUT2D eigenvalue weighted by atomic mass is 10.1. The van der Waals surface area contributed by atoms with Crippen LogP contribution >= 0.6 is 0 Å². The van der Waals surface area contributed by atoms with E-state index in [0.29, 0.717) is 39.5 Å². The molecule has 32 heavy (non-hydrogen) atoms. The van der Waals surface area contributed by atoms with Crippen LogP contribution in [0.25, 0.3) is 22.5 Å². The summed E-state index contributed by atoms with van der Waals surface area (Å²) >= 11 is 0. The highest BCUT2D eigenvalue weighted by molar-refractivity contribution is 6.13. The van der Waals surface area contributed by atoms with Gasteiger partial charge in [0.05, 0.1) is 42.1 Å². The molecule has 1 aromatic carbocycles. The molecule has 0 saturated heterocycles. The Morgan fingerprint density at radius 3 is 2.75 bits per heavy atom. The predicted molar refractivity (Wildman–Crippen MR) is 119 cm³/mol. The number of carbonyl (C=O) groups excluding carboxylic acids is 2. The summed E-state index contributed by atoms with van der Waals surface area (Å²) in [6.45, 7) is 4.10. The van der Waals surface area contributed by atoms with E-state index < -0.39 is 5.91 Å². The summed E-state index contributed by atoms with van der Waals surface area (Å²) < 4.78 is 12.9. The molecule has 3 aromatic heterocycles. The zero-order valence-electron chi connectivity index (χ0n) is 17.7. The highest BCUT2D eigenvalue weighted by atomic mass is 16.5. The number of nitrogens with zero attached hydrogens (tertiary/aromatic N) is 3. The number of furan rings is 1. The van der Waals surface area contributed by atoms with E-state index in [4.69, 9.17) is 14.9 Å². The average molecular weight is 433 g/mol. The fraction of sp³-hybridized carbons (Fsp3) is 0.217. The van der Waals surface area contributed by atoms with Gasteiger partial charge in [0.1, 0.15) is 11.4 Å². The van der Waals surface area contributed by atoms with E-state index in [1.54, 1.807) is 59.6 Å². The van der Waals surface area contributed by atoms with Crippen molar-refractivity contribution in [3.63, 3.8) is 0 Å². The molecule has 0 aliphatic carbocycles. The van der Waals surface area contributed by atoms with Crippen molar-refractivity contribution in [3.8, 4) is 17.2 Å². The summed E-state index contributed by atoms with van der Waals surface area (Å²) in [6.07, 6.45) is 3.27. The van der Waals surface area contributed by atoms with Crippen molar-refractivity contribution in [3.05, 3.63) is 60.5 Å². The van der Waals surface area contributed by atoms with Gasteiger partial charge in [0.15, 0.2) is 11.4 Å². The van der Waals surface area contributed by atoms with Gasteiger partial charge >= 0.3 is 0 Å². The molecule has 0 aliphatic heterocycles.